The van der Waals surface area contributed by atoms with E-state index in [2.05, 4.69) is 15.0 Å². The van der Waals surface area contributed by atoms with Crippen molar-refractivity contribution in [3.63, 3.8) is 0 Å². The van der Waals surface area contributed by atoms with E-state index >= 15 is 0 Å². The zero-order chi connectivity index (χ0) is 13.2. The van der Waals surface area contributed by atoms with E-state index in [1.54, 1.807) is 19.0 Å². The first-order valence-electron chi connectivity index (χ1n) is 4.22. The molecule has 0 saturated carbocycles. The van der Waals surface area contributed by atoms with Crippen LogP contribution in [0.2, 0.25) is 10.3 Å². The van der Waals surface area contributed by atoms with Gasteiger partial charge in [0.25, 0.3) is 5.95 Å². The molecule has 0 unspecified atom stereocenters. The maximum absolute atomic E-state index is 12.5. The lowest BCUT2D eigenvalue weighted by Gasteiger charge is -2.09. The third-order valence-corrected chi connectivity index (χ3v) is 2.04. The molecule has 0 aliphatic heterocycles. The van der Waals surface area contributed by atoms with Crippen LogP contribution in [0.3, 0.4) is 0 Å². The lowest BCUT2D eigenvalue weighted by Crippen LogP contribution is -2.10. The van der Waals surface area contributed by atoms with Crippen molar-refractivity contribution in [2.24, 2.45) is 4.99 Å². The van der Waals surface area contributed by atoms with E-state index in [0.29, 0.717) is 0 Å². The van der Waals surface area contributed by atoms with Crippen molar-refractivity contribution in [2.75, 3.05) is 14.1 Å². The molecule has 0 aliphatic rings. The van der Waals surface area contributed by atoms with Crippen molar-refractivity contribution in [3.8, 4) is 0 Å². The number of hydrogen-bond donors (Lipinski definition) is 0. The summed E-state index contributed by atoms with van der Waals surface area (Å²) >= 11 is 10.8. The van der Waals surface area contributed by atoms with Gasteiger partial charge in [0.15, 0.2) is 0 Å². The van der Waals surface area contributed by atoms with Crippen molar-refractivity contribution in [1.82, 2.24) is 14.9 Å². The molecule has 0 amide bonds. The number of halogens is 5. The first kappa shape index (κ1) is 14.0. The Bertz CT molecular complexity index is 422. The Morgan fingerprint density at radius 1 is 1.18 bits per heavy atom. The molecule has 0 N–H and O–H groups in total. The molecule has 1 aromatic rings. The predicted octanol–water partition coefficient (Wildman–Crippen LogP) is 3.02. The molecule has 0 atom stereocenters. The van der Waals surface area contributed by atoms with Gasteiger partial charge < -0.3 is 4.90 Å². The van der Waals surface area contributed by atoms with Gasteiger partial charge in [0.05, 0.1) is 6.34 Å². The fraction of sp³-hybridized carbons (Fsp3) is 0.375. The summed E-state index contributed by atoms with van der Waals surface area (Å²) < 4.78 is 37.4. The first-order chi connectivity index (χ1) is 7.71. The maximum Gasteiger partial charge on any atom is 0.422 e. The van der Waals surface area contributed by atoms with E-state index in [0.717, 1.165) is 0 Å². The quantitative estimate of drug-likeness (QED) is 0.477. The zero-order valence-electron chi connectivity index (χ0n) is 8.76. The van der Waals surface area contributed by atoms with Crippen LogP contribution in [0, 0.1) is 0 Å². The van der Waals surface area contributed by atoms with Crippen LogP contribution in [0.1, 0.15) is 5.56 Å². The van der Waals surface area contributed by atoms with Crippen LogP contribution in [0.4, 0.5) is 19.1 Å². The van der Waals surface area contributed by atoms with Crippen LogP contribution in [-0.4, -0.2) is 35.3 Å². The fourth-order valence-electron chi connectivity index (χ4n) is 0.856. The number of rotatable bonds is 2. The monoisotopic (exact) mass is 286 g/mol. The largest absolute Gasteiger partial charge is 0.422 e. The molecule has 0 fully saturated rings. The van der Waals surface area contributed by atoms with Gasteiger partial charge in [0, 0.05) is 14.1 Å². The molecule has 0 radical (unpaired) electrons. The average Bonchev–Trinajstić information content (AvgIpc) is 2.11. The number of aromatic nitrogens is 2. The maximum atomic E-state index is 12.5. The standard InChI is InChI=1S/C8H7Cl2F3N4/c1-17(2)3-14-7-15-5(9)4(6(10)16-7)8(11,12)13/h3H,1-2H3/b14-3+. The molecular formula is C8H7Cl2F3N4. The summed E-state index contributed by atoms with van der Waals surface area (Å²) in [6.07, 6.45) is -3.38. The summed E-state index contributed by atoms with van der Waals surface area (Å²) in [5, 5.41) is -1.55. The van der Waals surface area contributed by atoms with E-state index in [-0.39, 0.29) is 5.95 Å². The van der Waals surface area contributed by atoms with E-state index in [4.69, 9.17) is 23.2 Å². The number of aliphatic imine (C=N–C) groups is 1. The van der Waals surface area contributed by atoms with Crippen LogP contribution < -0.4 is 0 Å². The van der Waals surface area contributed by atoms with Gasteiger partial charge in [-0.15, -0.1) is 0 Å². The Balaban J connectivity index is 3.19. The smallest absolute Gasteiger partial charge is 0.369 e. The average molecular weight is 287 g/mol. The summed E-state index contributed by atoms with van der Waals surface area (Å²) in [6.45, 7) is 0. The van der Waals surface area contributed by atoms with Crippen LogP contribution >= 0.6 is 23.2 Å². The molecule has 17 heavy (non-hydrogen) atoms. The molecule has 1 aromatic heterocycles. The minimum Gasteiger partial charge on any atom is -0.369 e. The molecule has 1 heterocycles. The third-order valence-electron chi connectivity index (χ3n) is 1.50. The first-order valence-corrected chi connectivity index (χ1v) is 4.98. The Hall–Kier alpha value is -1.08. The topological polar surface area (TPSA) is 41.4 Å². The summed E-state index contributed by atoms with van der Waals surface area (Å²) in [5.41, 5.74) is -1.26. The van der Waals surface area contributed by atoms with Gasteiger partial charge in [-0.05, 0) is 0 Å². The Morgan fingerprint density at radius 3 is 2.00 bits per heavy atom. The fourth-order valence-corrected chi connectivity index (χ4v) is 1.45. The number of hydrogen-bond acceptors (Lipinski definition) is 3. The molecule has 0 saturated heterocycles. The van der Waals surface area contributed by atoms with Crippen LogP contribution in [0.5, 0.6) is 0 Å². The Labute approximate surface area is 105 Å². The predicted molar refractivity (Wildman–Crippen MR) is 58.9 cm³/mol. The van der Waals surface area contributed by atoms with Gasteiger partial charge in [0.1, 0.15) is 15.9 Å². The molecule has 0 aliphatic carbocycles. The van der Waals surface area contributed by atoms with E-state index in [1.165, 1.54) is 6.34 Å². The molecule has 9 heteroatoms. The van der Waals surface area contributed by atoms with Crippen molar-refractivity contribution < 1.29 is 13.2 Å². The third kappa shape index (κ3) is 3.71. The van der Waals surface area contributed by atoms with Crippen LogP contribution in [0.15, 0.2) is 4.99 Å². The lowest BCUT2D eigenvalue weighted by atomic mass is 10.3. The van der Waals surface area contributed by atoms with Crippen molar-refractivity contribution >= 4 is 35.5 Å². The molecular weight excluding hydrogens is 280 g/mol. The molecule has 1 rings (SSSR count). The second-order valence-electron chi connectivity index (χ2n) is 3.19. The number of alkyl halides is 3. The Morgan fingerprint density at radius 2 is 1.65 bits per heavy atom. The van der Waals surface area contributed by atoms with Gasteiger partial charge in [-0.2, -0.15) is 23.1 Å². The molecule has 0 aromatic carbocycles. The highest BCUT2D eigenvalue weighted by atomic mass is 35.5. The van der Waals surface area contributed by atoms with E-state index < -0.39 is 22.0 Å². The highest BCUT2D eigenvalue weighted by Gasteiger charge is 2.38. The Kier molecular flexibility index (Phi) is 4.16. The summed E-state index contributed by atoms with van der Waals surface area (Å²) in [6, 6.07) is 0. The summed E-state index contributed by atoms with van der Waals surface area (Å²) in [4.78, 5) is 12.0. The van der Waals surface area contributed by atoms with Crippen molar-refractivity contribution in [3.05, 3.63) is 15.9 Å². The van der Waals surface area contributed by atoms with E-state index in [1.807, 2.05) is 0 Å². The zero-order valence-corrected chi connectivity index (χ0v) is 10.3. The van der Waals surface area contributed by atoms with Gasteiger partial charge >= 0.3 is 6.18 Å². The van der Waals surface area contributed by atoms with Crippen LogP contribution in [-0.2, 0) is 6.18 Å². The lowest BCUT2D eigenvalue weighted by molar-refractivity contribution is -0.137. The normalized spacial score (nSPS) is 12.2. The van der Waals surface area contributed by atoms with Crippen molar-refractivity contribution in [1.29, 1.82) is 0 Å². The van der Waals surface area contributed by atoms with Gasteiger partial charge in [-0.25, -0.2) is 4.99 Å². The van der Waals surface area contributed by atoms with Crippen LogP contribution in [0.25, 0.3) is 0 Å². The van der Waals surface area contributed by atoms with Gasteiger partial charge in [0.2, 0.25) is 0 Å². The van der Waals surface area contributed by atoms with Gasteiger partial charge in [-0.3, -0.25) is 0 Å². The summed E-state index contributed by atoms with van der Waals surface area (Å²) in [5.74, 6) is -0.235. The highest BCUT2D eigenvalue weighted by molar-refractivity contribution is 6.34. The molecule has 0 spiro atoms. The SMILES string of the molecule is CN(C)/C=N/c1nc(Cl)c(C(F)(F)F)c(Cl)n1. The number of nitrogens with zero attached hydrogens (tertiary/aromatic N) is 4. The highest BCUT2D eigenvalue weighted by Crippen LogP contribution is 2.38. The second-order valence-corrected chi connectivity index (χ2v) is 3.90. The minimum atomic E-state index is -4.70. The molecule has 94 valence electrons. The molecule has 4 nitrogen and oxygen atoms in total. The minimum absolute atomic E-state index is 0.235. The van der Waals surface area contributed by atoms with Gasteiger partial charge in [-0.1, -0.05) is 23.2 Å². The van der Waals surface area contributed by atoms with Crippen molar-refractivity contribution in [2.45, 2.75) is 6.18 Å². The molecule has 0 bridgehead atoms. The second kappa shape index (κ2) is 5.05. The summed E-state index contributed by atoms with van der Waals surface area (Å²) in [7, 11) is 3.35. The van der Waals surface area contributed by atoms with E-state index in [9.17, 15) is 13.2 Å².